The van der Waals surface area contributed by atoms with Gasteiger partial charge in [0, 0.05) is 26.2 Å². The molecule has 0 bridgehead atoms. The van der Waals surface area contributed by atoms with E-state index in [0.717, 1.165) is 31.0 Å². The number of amides is 4. The number of piperidine rings is 1. The number of likely N-dealkylation sites (tertiary alicyclic amines) is 1. The van der Waals surface area contributed by atoms with Crippen LogP contribution in [-0.2, 0) is 16.0 Å². The van der Waals surface area contributed by atoms with E-state index in [4.69, 9.17) is 5.73 Å². The summed E-state index contributed by atoms with van der Waals surface area (Å²) in [5.41, 5.74) is 5.69. The summed E-state index contributed by atoms with van der Waals surface area (Å²) in [6.07, 6.45) is 2.15. The third-order valence-electron chi connectivity index (χ3n) is 5.49. The van der Waals surface area contributed by atoms with Crippen molar-refractivity contribution in [3.8, 4) is 0 Å². The molecule has 7 nitrogen and oxygen atoms in total. The van der Waals surface area contributed by atoms with E-state index < -0.39 is 17.5 Å². The van der Waals surface area contributed by atoms with E-state index in [1.165, 1.54) is 5.56 Å². The molecule has 2 heterocycles. The van der Waals surface area contributed by atoms with Gasteiger partial charge >= 0.3 is 6.03 Å². The van der Waals surface area contributed by atoms with Crippen LogP contribution in [0.15, 0.2) is 30.3 Å². The molecule has 2 aliphatic heterocycles. The first-order chi connectivity index (χ1) is 12.5. The molecule has 0 unspecified atom stereocenters. The molecule has 1 spiro atoms. The van der Waals surface area contributed by atoms with Gasteiger partial charge in [-0.15, -0.1) is 0 Å². The van der Waals surface area contributed by atoms with Crippen LogP contribution in [0, 0.1) is 0 Å². The number of carbonyl (C=O) groups is 3. The summed E-state index contributed by atoms with van der Waals surface area (Å²) in [5, 5.41) is 0. The van der Waals surface area contributed by atoms with Crippen LogP contribution in [-0.4, -0.2) is 70.8 Å². The molecular formula is C19H26N4O3. The molecule has 2 N–H and O–H groups in total. The first-order valence-electron chi connectivity index (χ1n) is 9.16. The van der Waals surface area contributed by atoms with Gasteiger partial charge in [0.2, 0.25) is 5.91 Å². The smallest absolute Gasteiger partial charge is 0.328 e. The van der Waals surface area contributed by atoms with Crippen LogP contribution in [0.5, 0.6) is 0 Å². The number of likely N-dealkylation sites (N-methyl/N-ethyl adjacent to an activating group) is 1. The van der Waals surface area contributed by atoms with E-state index in [1.807, 2.05) is 25.1 Å². The summed E-state index contributed by atoms with van der Waals surface area (Å²) >= 11 is 0. The molecule has 2 fully saturated rings. The minimum atomic E-state index is -0.815. The highest BCUT2D eigenvalue weighted by atomic mass is 16.2. The number of hydrogen-bond donors (Lipinski definition) is 1. The van der Waals surface area contributed by atoms with Crippen LogP contribution in [0.2, 0.25) is 0 Å². The Kier molecular flexibility index (Phi) is 5.27. The second kappa shape index (κ2) is 7.45. The summed E-state index contributed by atoms with van der Waals surface area (Å²) < 4.78 is 0. The standard InChI is InChI=1S/C19H26N4O3/c1-2-23-18(26)22(14-16(20)24)17(25)19(23)9-12-21(13-10-19)11-8-15-6-4-3-5-7-15/h3-7H,2,8-14H2,1H3,(H2,20,24). The van der Waals surface area contributed by atoms with Gasteiger partial charge in [-0.2, -0.15) is 0 Å². The second-order valence-electron chi connectivity index (χ2n) is 6.99. The van der Waals surface area contributed by atoms with Crippen LogP contribution in [0.4, 0.5) is 4.79 Å². The average Bonchev–Trinajstić information content (AvgIpc) is 2.83. The number of nitrogens with two attached hydrogens (primary N) is 1. The number of nitrogens with zero attached hydrogens (tertiary/aromatic N) is 3. The first kappa shape index (κ1) is 18.4. The van der Waals surface area contributed by atoms with Gasteiger partial charge in [0.15, 0.2) is 0 Å². The monoisotopic (exact) mass is 358 g/mol. The molecule has 0 aliphatic carbocycles. The summed E-state index contributed by atoms with van der Waals surface area (Å²) in [7, 11) is 0. The highest BCUT2D eigenvalue weighted by Crippen LogP contribution is 2.37. The van der Waals surface area contributed by atoms with Gasteiger partial charge in [0.1, 0.15) is 12.1 Å². The lowest BCUT2D eigenvalue weighted by Crippen LogP contribution is -2.56. The number of hydrogen-bond acceptors (Lipinski definition) is 4. The Balaban J connectivity index is 1.65. The largest absolute Gasteiger partial charge is 0.368 e. The Morgan fingerprint density at radius 2 is 1.81 bits per heavy atom. The molecule has 2 aliphatic rings. The topological polar surface area (TPSA) is 87.0 Å². The lowest BCUT2D eigenvalue weighted by atomic mass is 9.85. The molecule has 0 radical (unpaired) electrons. The van der Waals surface area contributed by atoms with E-state index >= 15 is 0 Å². The van der Waals surface area contributed by atoms with Crippen LogP contribution in [0.25, 0.3) is 0 Å². The normalized spacial score (nSPS) is 20.2. The molecule has 26 heavy (non-hydrogen) atoms. The number of urea groups is 1. The maximum atomic E-state index is 12.9. The molecule has 0 atom stereocenters. The van der Waals surface area contributed by atoms with Crippen LogP contribution in [0.1, 0.15) is 25.3 Å². The maximum absolute atomic E-state index is 12.9. The number of benzene rings is 1. The van der Waals surface area contributed by atoms with Crippen molar-refractivity contribution >= 4 is 17.8 Å². The summed E-state index contributed by atoms with van der Waals surface area (Å²) in [4.78, 5) is 41.7. The molecule has 2 saturated heterocycles. The quantitative estimate of drug-likeness (QED) is 0.763. The second-order valence-corrected chi connectivity index (χ2v) is 6.99. The van der Waals surface area contributed by atoms with E-state index in [2.05, 4.69) is 17.0 Å². The summed E-state index contributed by atoms with van der Waals surface area (Å²) in [6.45, 7) is 4.42. The molecule has 140 valence electrons. The Hall–Kier alpha value is -2.41. The van der Waals surface area contributed by atoms with Gasteiger partial charge in [-0.25, -0.2) is 4.79 Å². The van der Waals surface area contributed by atoms with E-state index in [0.29, 0.717) is 19.4 Å². The van der Waals surface area contributed by atoms with Crippen LogP contribution < -0.4 is 5.73 Å². The van der Waals surface area contributed by atoms with Crippen molar-refractivity contribution in [1.82, 2.24) is 14.7 Å². The van der Waals surface area contributed by atoms with Gasteiger partial charge in [0.05, 0.1) is 0 Å². The lowest BCUT2D eigenvalue weighted by molar-refractivity contribution is -0.137. The number of imide groups is 1. The van der Waals surface area contributed by atoms with Crippen molar-refractivity contribution in [2.45, 2.75) is 31.7 Å². The van der Waals surface area contributed by atoms with Crippen LogP contribution in [0.3, 0.4) is 0 Å². The number of rotatable bonds is 6. The summed E-state index contributed by atoms with van der Waals surface area (Å²) in [6, 6.07) is 9.92. The van der Waals surface area contributed by atoms with Gasteiger partial charge < -0.3 is 15.5 Å². The van der Waals surface area contributed by atoms with E-state index in [9.17, 15) is 14.4 Å². The number of carbonyl (C=O) groups excluding carboxylic acids is 3. The Labute approximate surface area is 153 Å². The molecular weight excluding hydrogens is 332 g/mol. The zero-order valence-corrected chi connectivity index (χ0v) is 15.2. The fraction of sp³-hybridized carbons (Fsp3) is 0.526. The minimum absolute atomic E-state index is 0.272. The molecule has 1 aromatic rings. The Morgan fingerprint density at radius 3 is 2.38 bits per heavy atom. The first-order valence-corrected chi connectivity index (χ1v) is 9.16. The fourth-order valence-electron chi connectivity index (χ4n) is 4.08. The zero-order valence-electron chi connectivity index (χ0n) is 15.2. The van der Waals surface area contributed by atoms with Crippen molar-refractivity contribution < 1.29 is 14.4 Å². The molecule has 7 heteroatoms. The highest BCUT2D eigenvalue weighted by Gasteiger charge is 2.57. The van der Waals surface area contributed by atoms with Gasteiger partial charge in [-0.1, -0.05) is 30.3 Å². The van der Waals surface area contributed by atoms with Gasteiger partial charge in [-0.05, 0) is 31.7 Å². The summed E-state index contributed by atoms with van der Waals surface area (Å²) in [5.74, 6) is -0.939. The molecule has 1 aromatic carbocycles. The van der Waals surface area contributed by atoms with Gasteiger partial charge in [0.25, 0.3) is 5.91 Å². The molecule has 0 aromatic heterocycles. The highest BCUT2D eigenvalue weighted by molar-refractivity contribution is 6.09. The number of primary amides is 1. The van der Waals surface area contributed by atoms with E-state index in [-0.39, 0.29) is 12.5 Å². The predicted molar refractivity (Wildman–Crippen MR) is 97.2 cm³/mol. The fourth-order valence-corrected chi connectivity index (χ4v) is 4.08. The predicted octanol–water partition coefficient (Wildman–Crippen LogP) is 0.833. The van der Waals surface area contributed by atoms with Crippen molar-refractivity contribution in [1.29, 1.82) is 0 Å². The van der Waals surface area contributed by atoms with Crippen molar-refractivity contribution in [3.05, 3.63) is 35.9 Å². The molecule has 0 saturated carbocycles. The average molecular weight is 358 g/mol. The SMILES string of the molecule is CCN1C(=O)N(CC(N)=O)C(=O)C12CCN(CCc1ccccc1)CC2. The zero-order chi connectivity index (χ0) is 18.7. The lowest BCUT2D eigenvalue weighted by Gasteiger charge is -2.42. The van der Waals surface area contributed by atoms with E-state index in [1.54, 1.807) is 4.90 Å². The molecule has 3 rings (SSSR count). The van der Waals surface area contributed by atoms with Crippen molar-refractivity contribution in [3.63, 3.8) is 0 Å². The molecule has 4 amide bonds. The third-order valence-corrected chi connectivity index (χ3v) is 5.49. The third kappa shape index (κ3) is 3.31. The Morgan fingerprint density at radius 1 is 1.15 bits per heavy atom. The maximum Gasteiger partial charge on any atom is 0.328 e. The van der Waals surface area contributed by atoms with Crippen molar-refractivity contribution in [2.75, 3.05) is 32.7 Å². The van der Waals surface area contributed by atoms with Crippen molar-refractivity contribution in [2.24, 2.45) is 5.73 Å². The minimum Gasteiger partial charge on any atom is -0.368 e. The Bertz CT molecular complexity index is 683. The van der Waals surface area contributed by atoms with Gasteiger partial charge in [-0.3, -0.25) is 14.5 Å². The van der Waals surface area contributed by atoms with Crippen LogP contribution >= 0.6 is 0 Å².